The number of ether oxygens (including phenoxy) is 6. The van der Waals surface area contributed by atoms with Gasteiger partial charge in [-0.3, -0.25) is 4.79 Å². The highest BCUT2D eigenvalue weighted by atomic mass is 32.2. The zero-order valence-corrected chi connectivity index (χ0v) is 37.2. The number of benzene rings is 2. The predicted molar refractivity (Wildman–Crippen MR) is 238 cm³/mol. The summed E-state index contributed by atoms with van der Waals surface area (Å²) in [6.07, 6.45) is -0.980. The van der Waals surface area contributed by atoms with Crippen LogP contribution in [0.2, 0.25) is 0 Å². The van der Waals surface area contributed by atoms with Crippen LogP contribution in [0.5, 0.6) is 5.75 Å². The molecular formula is C42H65NO12S4. The summed E-state index contributed by atoms with van der Waals surface area (Å²) in [7, 11) is 0. The molecule has 5 N–H and O–H groups in total. The van der Waals surface area contributed by atoms with Crippen LogP contribution in [-0.4, -0.2) is 179 Å². The Morgan fingerprint density at radius 2 is 1.14 bits per heavy atom. The van der Waals surface area contributed by atoms with Crippen molar-refractivity contribution in [1.82, 2.24) is 4.90 Å². The Balaban J connectivity index is 1.69. The summed E-state index contributed by atoms with van der Waals surface area (Å²) < 4.78 is 39.6. The Morgan fingerprint density at radius 1 is 0.610 bits per heavy atom. The summed E-state index contributed by atoms with van der Waals surface area (Å²) in [4.78, 5) is 16.3. The molecule has 0 radical (unpaired) electrons. The summed E-state index contributed by atoms with van der Waals surface area (Å²) in [5.41, 5.74) is 1.45. The standard InChI is InChI=1S/C42H65NO12S4/c44-14-26-56-22-6-18-50-31-35-38(51-19-7-23-57-27-15-45)39(52-20-8-24-58-28-16-46)37(42(55-35)53-21-9-25-59-29-17-47)43-36(33-12-4-5-13-34(33)48)40(41(43)49)54-30-32-10-2-1-3-11-32/h1-5,10-13,35-40,42,44-48H,6-9,14-31H2/t35-,36?,37-,38-,39-,40?,42-/m1/s1. The van der Waals surface area contributed by atoms with Crippen LogP contribution in [0.3, 0.4) is 0 Å². The van der Waals surface area contributed by atoms with E-state index in [9.17, 15) is 30.3 Å². The Labute approximate surface area is 366 Å². The zero-order valence-electron chi connectivity index (χ0n) is 34.0. The number of para-hydroxylation sites is 1. The van der Waals surface area contributed by atoms with Gasteiger partial charge in [0, 0.05) is 48.4 Å². The normalized spacial score (nSPS) is 23.2. The molecule has 0 aromatic heterocycles. The Morgan fingerprint density at radius 3 is 1.71 bits per heavy atom. The highest BCUT2D eigenvalue weighted by Crippen LogP contribution is 2.46. The van der Waals surface area contributed by atoms with E-state index in [0.717, 1.165) is 41.4 Å². The molecule has 13 nitrogen and oxygen atoms in total. The molecule has 2 aliphatic heterocycles. The molecule has 4 rings (SSSR count). The van der Waals surface area contributed by atoms with Crippen LogP contribution in [0.4, 0.5) is 0 Å². The van der Waals surface area contributed by atoms with E-state index < -0.39 is 42.8 Å². The Kier molecular flexibility index (Phi) is 26.2. The number of aliphatic hydroxyl groups excluding tert-OH is 4. The van der Waals surface area contributed by atoms with Gasteiger partial charge in [-0.25, -0.2) is 0 Å². The van der Waals surface area contributed by atoms with Crippen molar-refractivity contribution < 1.29 is 58.7 Å². The molecule has 2 unspecified atom stereocenters. The topological polar surface area (TPSA) is 177 Å². The molecule has 2 fully saturated rings. The zero-order chi connectivity index (χ0) is 41.9. The number of hydrogen-bond acceptors (Lipinski definition) is 16. The van der Waals surface area contributed by atoms with Gasteiger partial charge in [-0.1, -0.05) is 48.5 Å². The van der Waals surface area contributed by atoms with Crippen molar-refractivity contribution in [2.24, 2.45) is 0 Å². The molecule has 1 amide bonds. The first kappa shape index (κ1) is 50.4. The van der Waals surface area contributed by atoms with Gasteiger partial charge in [-0.15, -0.1) is 0 Å². The minimum absolute atomic E-state index is 0.0356. The molecule has 0 saturated carbocycles. The summed E-state index contributed by atoms with van der Waals surface area (Å²) in [5, 5.41) is 48.4. The molecule has 2 aliphatic rings. The van der Waals surface area contributed by atoms with Gasteiger partial charge >= 0.3 is 0 Å². The van der Waals surface area contributed by atoms with E-state index in [-0.39, 0.29) is 51.3 Å². The van der Waals surface area contributed by atoms with Crippen molar-refractivity contribution in [3.63, 3.8) is 0 Å². The van der Waals surface area contributed by atoms with E-state index in [4.69, 9.17) is 28.4 Å². The third-order valence-electron chi connectivity index (χ3n) is 9.55. The predicted octanol–water partition coefficient (Wildman–Crippen LogP) is 4.22. The number of aromatic hydroxyl groups is 1. The SMILES string of the molecule is O=C1C(OCc2ccccc2)C(c2ccccc2O)N1[C@H]1[C@H](OCCCSCCO)O[C@H](COCCCSCCO)[C@@H](OCCCSCCO)[C@@H]1OCCCSCCO. The molecule has 0 spiro atoms. The number of rotatable bonds is 34. The largest absolute Gasteiger partial charge is 0.508 e. The van der Waals surface area contributed by atoms with Gasteiger partial charge in [0.05, 0.1) is 52.3 Å². The molecular weight excluding hydrogens is 839 g/mol. The van der Waals surface area contributed by atoms with Gasteiger partial charge in [-0.05, 0) is 60.3 Å². The number of phenolic OH excluding ortho intramolecular Hbond substituents is 1. The maximum Gasteiger partial charge on any atom is 0.255 e. The number of β-lactam (4-membered cyclic amide) rings is 1. The molecule has 334 valence electrons. The Bertz CT molecular complexity index is 1390. The third-order valence-corrected chi connectivity index (χ3v) is 13.7. The van der Waals surface area contributed by atoms with Crippen molar-refractivity contribution in [2.75, 3.05) is 105 Å². The number of amides is 1. The van der Waals surface area contributed by atoms with Crippen LogP contribution in [0.25, 0.3) is 0 Å². The molecule has 2 saturated heterocycles. The molecule has 0 bridgehead atoms. The highest BCUT2D eigenvalue weighted by Gasteiger charge is 2.60. The van der Waals surface area contributed by atoms with Crippen LogP contribution in [-0.2, 0) is 39.8 Å². The lowest BCUT2D eigenvalue weighted by Gasteiger charge is -2.57. The average molecular weight is 904 g/mol. The van der Waals surface area contributed by atoms with Crippen LogP contribution >= 0.6 is 47.0 Å². The van der Waals surface area contributed by atoms with E-state index in [0.29, 0.717) is 67.8 Å². The summed E-state index contributed by atoms with van der Waals surface area (Å²) in [6.45, 7) is 2.36. The van der Waals surface area contributed by atoms with E-state index >= 15 is 0 Å². The van der Waals surface area contributed by atoms with Crippen LogP contribution < -0.4 is 0 Å². The number of nitrogens with zero attached hydrogens (tertiary/aromatic N) is 1. The summed E-state index contributed by atoms with van der Waals surface area (Å²) >= 11 is 6.58. The number of carbonyl (C=O) groups is 1. The first-order chi connectivity index (χ1) is 29.0. The van der Waals surface area contributed by atoms with Crippen LogP contribution in [0.1, 0.15) is 42.9 Å². The molecule has 0 aliphatic carbocycles. The molecule has 17 heteroatoms. The number of thioether (sulfide) groups is 4. The third kappa shape index (κ3) is 17.1. The Hall–Kier alpha value is -1.29. The smallest absolute Gasteiger partial charge is 0.255 e. The minimum Gasteiger partial charge on any atom is -0.508 e. The number of hydrogen-bond donors (Lipinski definition) is 5. The van der Waals surface area contributed by atoms with Crippen molar-refractivity contribution >= 4 is 53.0 Å². The molecule has 2 aromatic carbocycles. The number of carbonyl (C=O) groups excluding carboxylic acids is 1. The molecule has 2 aromatic rings. The second-order valence-corrected chi connectivity index (χ2v) is 18.8. The fraction of sp³-hybridized carbons (Fsp3) is 0.690. The number of aliphatic hydroxyl groups is 4. The second kappa shape index (κ2) is 30.7. The monoisotopic (exact) mass is 903 g/mol. The van der Waals surface area contributed by atoms with Gasteiger partial charge in [0.25, 0.3) is 5.91 Å². The van der Waals surface area contributed by atoms with Gasteiger partial charge in [0.2, 0.25) is 0 Å². The molecule has 7 atom stereocenters. The van der Waals surface area contributed by atoms with Crippen molar-refractivity contribution in [3.05, 3.63) is 65.7 Å². The highest BCUT2D eigenvalue weighted by molar-refractivity contribution is 7.99. The average Bonchev–Trinajstić information content (AvgIpc) is 3.25. The molecule has 2 heterocycles. The lowest BCUT2D eigenvalue weighted by atomic mass is 9.84. The van der Waals surface area contributed by atoms with Gasteiger partial charge in [-0.2, -0.15) is 47.0 Å². The van der Waals surface area contributed by atoms with Crippen molar-refractivity contribution in [2.45, 2.75) is 75.1 Å². The minimum atomic E-state index is -0.951. The number of likely N-dealkylation sites (tertiary alicyclic amines) is 1. The van der Waals surface area contributed by atoms with Crippen molar-refractivity contribution in [1.29, 1.82) is 0 Å². The van der Waals surface area contributed by atoms with Gasteiger partial charge in [0.1, 0.15) is 30.1 Å². The fourth-order valence-corrected chi connectivity index (χ4v) is 9.51. The quantitative estimate of drug-likeness (QED) is 0.0498. The molecule has 59 heavy (non-hydrogen) atoms. The fourth-order valence-electron chi connectivity index (χ4n) is 6.89. The lowest BCUT2D eigenvalue weighted by Crippen LogP contribution is -2.73. The first-order valence-corrected chi connectivity index (χ1v) is 25.3. The van der Waals surface area contributed by atoms with Crippen molar-refractivity contribution in [3.8, 4) is 5.75 Å². The second-order valence-electron chi connectivity index (χ2n) is 13.9. The first-order valence-electron chi connectivity index (χ1n) is 20.6. The van der Waals surface area contributed by atoms with E-state index in [2.05, 4.69) is 0 Å². The lowest BCUT2D eigenvalue weighted by molar-refractivity contribution is -0.312. The van der Waals surface area contributed by atoms with E-state index in [1.165, 1.54) is 0 Å². The van der Waals surface area contributed by atoms with Crippen LogP contribution in [0, 0.1) is 0 Å². The maximum absolute atomic E-state index is 14.6. The summed E-state index contributed by atoms with van der Waals surface area (Å²) in [5.74, 6) is 5.48. The summed E-state index contributed by atoms with van der Waals surface area (Å²) in [6, 6.07) is 15.1. The van der Waals surface area contributed by atoms with Gasteiger partial charge < -0.3 is 58.9 Å². The number of phenols is 1. The maximum atomic E-state index is 14.6. The van der Waals surface area contributed by atoms with Gasteiger partial charge in [0.15, 0.2) is 12.4 Å². The van der Waals surface area contributed by atoms with E-state index in [1.54, 1.807) is 70.1 Å². The van der Waals surface area contributed by atoms with E-state index in [1.807, 2.05) is 36.4 Å². The van der Waals surface area contributed by atoms with Crippen LogP contribution in [0.15, 0.2) is 54.6 Å².